The predicted octanol–water partition coefficient (Wildman–Crippen LogP) is 3.42. The molecular weight excluding hydrogens is 314 g/mol. The summed E-state index contributed by atoms with van der Waals surface area (Å²) in [5, 5.41) is 3.18. The van der Waals surface area contributed by atoms with Crippen LogP contribution in [0, 0.1) is 0 Å². The fourth-order valence-corrected chi connectivity index (χ4v) is 2.27. The second-order valence-corrected chi connectivity index (χ2v) is 6.99. The number of nitrogens with two attached hydrogens (primary N) is 1. The van der Waals surface area contributed by atoms with Crippen LogP contribution in [-0.2, 0) is 11.3 Å². The van der Waals surface area contributed by atoms with Crippen LogP contribution in [0.5, 0.6) is 5.75 Å². The quantitative estimate of drug-likeness (QED) is 0.634. The van der Waals surface area contributed by atoms with Gasteiger partial charge in [-0.15, -0.1) is 0 Å². The Hall–Kier alpha value is -1.89. The van der Waals surface area contributed by atoms with E-state index in [0.29, 0.717) is 16.6 Å². The molecule has 0 saturated heterocycles. The van der Waals surface area contributed by atoms with Gasteiger partial charge < -0.3 is 20.5 Å². The number of nitrogens with one attached hydrogen (secondary N) is 1. The van der Waals surface area contributed by atoms with Crippen LogP contribution in [-0.4, -0.2) is 29.7 Å². The summed E-state index contributed by atoms with van der Waals surface area (Å²) in [5.41, 5.74) is 6.75. The summed E-state index contributed by atoms with van der Waals surface area (Å²) < 4.78 is 10.6. The molecule has 0 aliphatic heterocycles. The van der Waals surface area contributed by atoms with Gasteiger partial charge in [0, 0.05) is 12.1 Å². The number of aliphatic imine (C=N–C) groups is 1. The van der Waals surface area contributed by atoms with Crippen molar-refractivity contribution < 1.29 is 14.3 Å². The number of ether oxygens (including phenoxy) is 2. The first-order chi connectivity index (χ1) is 10.8. The van der Waals surface area contributed by atoms with Gasteiger partial charge in [0.05, 0.1) is 7.11 Å². The molecule has 0 fully saturated rings. The molecule has 6 nitrogen and oxygen atoms in total. The van der Waals surface area contributed by atoms with E-state index in [4.69, 9.17) is 15.2 Å². The molecule has 0 aliphatic rings. The monoisotopic (exact) mass is 339 g/mol. The van der Waals surface area contributed by atoms with Crippen LogP contribution < -0.4 is 15.8 Å². The lowest BCUT2D eigenvalue weighted by Crippen LogP contribution is -2.32. The van der Waals surface area contributed by atoms with Gasteiger partial charge in [-0.3, -0.25) is 0 Å². The van der Waals surface area contributed by atoms with E-state index in [1.165, 1.54) is 11.8 Å². The van der Waals surface area contributed by atoms with Crippen molar-refractivity contribution in [1.29, 1.82) is 0 Å². The number of benzene rings is 1. The molecule has 3 N–H and O–H groups in total. The predicted molar refractivity (Wildman–Crippen MR) is 95.5 cm³/mol. The number of nitrogens with zero attached hydrogens (tertiary/aromatic N) is 1. The molecule has 23 heavy (non-hydrogen) atoms. The van der Waals surface area contributed by atoms with E-state index in [9.17, 15) is 4.79 Å². The number of amides is 1. The van der Waals surface area contributed by atoms with E-state index < -0.39 is 11.7 Å². The maximum atomic E-state index is 11.8. The molecule has 7 heteroatoms. The van der Waals surface area contributed by atoms with Gasteiger partial charge in [-0.25, -0.2) is 9.79 Å². The van der Waals surface area contributed by atoms with Crippen LogP contribution in [0.1, 0.15) is 33.3 Å². The number of alkyl carbamates (subject to hydrolysis) is 1. The third kappa shape index (κ3) is 6.81. The van der Waals surface area contributed by atoms with Crippen LogP contribution in [0.4, 0.5) is 10.5 Å². The molecule has 0 heterocycles. The fraction of sp³-hybridized carbons (Fsp3) is 0.500. The molecule has 128 valence electrons. The molecular formula is C16H25N3O3S. The highest BCUT2D eigenvalue weighted by molar-refractivity contribution is 8.13. The number of hydrogen-bond acceptors (Lipinski definition) is 5. The van der Waals surface area contributed by atoms with Gasteiger partial charge in [0.2, 0.25) is 0 Å². The first kappa shape index (κ1) is 19.2. The van der Waals surface area contributed by atoms with Gasteiger partial charge in [0.1, 0.15) is 17.0 Å². The molecule has 0 radical (unpaired) electrons. The molecule has 0 bridgehead atoms. The van der Waals surface area contributed by atoms with Crippen molar-refractivity contribution in [2.75, 3.05) is 12.9 Å². The van der Waals surface area contributed by atoms with Crippen LogP contribution in [0.15, 0.2) is 23.2 Å². The van der Waals surface area contributed by atoms with Crippen LogP contribution in [0.25, 0.3) is 0 Å². The molecule has 1 rings (SSSR count). The molecule has 1 aromatic rings. The zero-order valence-corrected chi connectivity index (χ0v) is 15.1. The Balaban J connectivity index is 2.88. The minimum absolute atomic E-state index is 0.280. The maximum absolute atomic E-state index is 11.8. The first-order valence-electron chi connectivity index (χ1n) is 7.36. The van der Waals surface area contributed by atoms with E-state index >= 15 is 0 Å². The highest BCUT2D eigenvalue weighted by atomic mass is 32.2. The Bertz CT molecular complexity index is 568. The normalized spacial score (nSPS) is 12.0. The lowest BCUT2D eigenvalue weighted by Gasteiger charge is -2.20. The largest absolute Gasteiger partial charge is 0.494 e. The second-order valence-electron chi connectivity index (χ2n) is 5.71. The SMILES string of the molecule is CCSC(N)=Nc1cccc(CNC(=O)OC(C)(C)C)c1OC. The van der Waals surface area contributed by atoms with E-state index in [0.717, 1.165) is 11.3 Å². The summed E-state index contributed by atoms with van der Waals surface area (Å²) >= 11 is 1.46. The minimum atomic E-state index is -0.536. The zero-order chi connectivity index (χ0) is 17.5. The van der Waals surface area contributed by atoms with Crippen molar-refractivity contribution in [3.63, 3.8) is 0 Å². The molecule has 1 aromatic carbocycles. The van der Waals surface area contributed by atoms with Gasteiger partial charge in [-0.1, -0.05) is 30.8 Å². The third-order valence-corrected chi connectivity index (χ3v) is 3.30. The number of rotatable bonds is 5. The maximum Gasteiger partial charge on any atom is 0.407 e. The summed E-state index contributed by atoms with van der Waals surface area (Å²) in [6.07, 6.45) is -0.477. The Morgan fingerprint density at radius 2 is 2.09 bits per heavy atom. The highest BCUT2D eigenvalue weighted by Crippen LogP contribution is 2.31. The van der Waals surface area contributed by atoms with Gasteiger partial charge in [-0.2, -0.15) is 0 Å². The molecule has 1 amide bonds. The second kappa shape index (κ2) is 8.67. The van der Waals surface area contributed by atoms with Crippen molar-refractivity contribution >= 4 is 28.7 Å². The zero-order valence-electron chi connectivity index (χ0n) is 14.3. The molecule has 0 saturated carbocycles. The fourth-order valence-electron chi connectivity index (χ4n) is 1.81. The molecule has 0 atom stereocenters. The van der Waals surface area contributed by atoms with Crippen LogP contribution >= 0.6 is 11.8 Å². The van der Waals surface area contributed by atoms with E-state index in [1.807, 2.05) is 45.9 Å². The number of amidine groups is 1. The van der Waals surface area contributed by atoms with Crippen molar-refractivity contribution in [2.45, 2.75) is 39.8 Å². The summed E-state index contributed by atoms with van der Waals surface area (Å²) in [6.45, 7) is 7.73. The smallest absolute Gasteiger partial charge is 0.407 e. The van der Waals surface area contributed by atoms with Crippen LogP contribution in [0.3, 0.4) is 0 Å². The lowest BCUT2D eigenvalue weighted by atomic mass is 10.1. The number of thioether (sulfide) groups is 1. The Kier molecular flexibility index (Phi) is 7.22. The van der Waals surface area contributed by atoms with Crippen molar-refractivity contribution in [2.24, 2.45) is 10.7 Å². The number of carbonyl (C=O) groups is 1. The van der Waals surface area contributed by atoms with E-state index in [-0.39, 0.29) is 6.54 Å². The first-order valence-corrected chi connectivity index (χ1v) is 8.35. The molecule has 0 aromatic heterocycles. The Morgan fingerprint density at radius 3 is 2.65 bits per heavy atom. The number of para-hydroxylation sites is 1. The highest BCUT2D eigenvalue weighted by Gasteiger charge is 2.17. The number of methoxy groups -OCH3 is 1. The van der Waals surface area contributed by atoms with E-state index in [1.54, 1.807) is 7.11 Å². The summed E-state index contributed by atoms with van der Waals surface area (Å²) in [4.78, 5) is 16.1. The third-order valence-electron chi connectivity index (χ3n) is 2.62. The molecule has 0 unspecified atom stereocenters. The summed E-state index contributed by atoms with van der Waals surface area (Å²) in [7, 11) is 1.56. The average molecular weight is 339 g/mol. The Labute approximate surface area is 141 Å². The number of carbonyl (C=O) groups excluding carboxylic acids is 1. The minimum Gasteiger partial charge on any atom is -0.494 e. The number of hydrogen-bond donors (Lipinski definition) is 2. The topological polar surface area (TPSA) is 85.9 Å². The lowest BCUT2D eigenvalue weighted by molar-refractivity contribution is 0.0523. The van der Waals surface area contributed by atoms with Gasteiger partial charge in [-0.05, 0) is 32.6 Å². The standard InChI is InChI=1S/C16H25N3O3S/c1-6-23-14(17)19-12-9-7-8-11(13(12)21-5)10-18-15(20)22-16(2,3)4/h7-9H,6,10H2,1-5H3,(H2,17,19)(H,18,20). The summed E-state index contributed by atoms with van der Waals surface area (Å²) in [5.74, 6) is 1.43. The van der Waals surface area contributed by atoms with E-state index in [2.05, 4.69) is 10.3 Å². The summed E-state index contributed by atoms with van der Waals surface area (Å²) in [6, 6.07) is 5.52. The molecule has 0 aliphatic carbocycles. The van der Waals surface area contributed by atoms with Crippen molar-refractivity contribution in [3.05, 3.63) is 23.8 Å². The van der Waals surface area contributed by atoms with Gasteiger partial charge >= 0.3 is 6.09 Å². The van der Waals surface area contributed by atoms with Gasteiger partial charge in [0.15, 0.2) is 5.17 Å². The van der Waals surface area contributed by atoms with Gasteiger partial charge in [0.25, 0.3) is 0 Å². The Morgan fingerprint density at radius 1 is 1.39 bits per heavy atom. The average Bonchev–Trinajstić information content (AvgIpc) is 2.43. The van der Waals surface area contributed by atoms with Crippen molar-refractivity contribution in [3.8, 4) is 5.75 Å². The van der Waals surface area contributed by atoms with Crippen molar-refractivity contribution in [1.82, 2.24) is 5.32 Å². The molecule has 0 spiro atoms. The van der Waals surface area contributed by atoms with Crippen LogP contribution in [0.2, 0.25) is 0 Å².